The van der Waals surface area contributed by atoms with Gasteiger partial charge in [0.15, 0.2) is 5.82 Å². The summed E-state index contributed by atoms with van der Waals surface area (Å²) in [5, 5.41) is 10.6. The quantitative estimate of drug-likeness (QED) is 0.896. The van der Waals surface area contributed by atoms with Crippen molar-refractivity contribution in [3.05, 3.63) is 29.3 Å². The van der Waals surface area contributed by atoms with E-state index in [1.807, 2.05) is 5.32 Å². The summed E-state index contributed by atoms with van der Waals surface area (Å²) < 4.78 is 32.3. The highest BCUT2D eigenvalue weighted by molar-refractivity contribution is 5.85. The minimum absolute atomic E-state index is 0.232. The maximum atomic E-state index is 13.9. The minimum atomic E-state index is -1.27. The van der Waals surface area contributed by atoms with Crippen molar-refractivity contribution in [1.82, 2.24) is 0 Å². The van der Waals surface area contributed by atoms with Crippen molar-refractivity contribution < 1.29 is 28.2 Å². The number of aliphatic carboxylic acids is 1. The topological polar surface area (TPSA) is 75.6 Å². The van der Waals surface area contributed by atoms with E-state index in [1.54, 1.807) is 20.8 Å². The molecule has 0 saturated heterocycles. The largest absolute Gasteiger partial charge is 0.481 e. The van der Waals surface area contributed by atoms with Crippen molar-refractivity contribution in [3.63, 3.8) is 0 Å². The Balaban J connectivity index is 3.00. The average molecular weight is 287 g/mol. The molecular formula is C13H15F2NO4. The van der Waals surface area contributed by atoms with Crippen molar-refractivity contribution in [2.24, 2.45) is 0 Å². The van der Waals surface area contributed by atoms with Crippen LogP contribution in [-0.4, -0.2) is 22.8 Å². The number of carboxylic acids is 1. The number of amides is 1. The van der Waals surface area contributed by atoms with E-state index in [0.29, 0.717) is 0 Å². The third-order valence-electron chi connectivity index (χ3n) is 2.14. The molecule has 20 heavy (non-hydrogen) atoms. The fraction of sp³-hybridized carbons (Fsp3) is 0.385. The zero-order valence-electron chi connectivity index (χ0n) is 11.3. The van der Waals surface area contributed by atoms with Gasteiger partial charge in [-0.3, -0.25) is 10.1 Å². The van der Waals surface area contributed by atoms with Gasteiger partial charge >= 0.3 is 12.1 Å². The number of nitrogens with one attached hydrogen (secondary N) is 1. The number of carboxylic acid groups (broad SMARTS) is 1. The fourth-order valence-corrected chi connectivity index (χ4v) is 1.42. The number of rotatable bonds is 3. The molecule has 0 saturated carbocycles. The van der Waals surface area contributed by atoms with Crippen LogP contribution in [0.3, 0.4) is 0 Å². The predicted octanol–water partition coefficient (Wildman–Crippen LogP) is 2.94. The van der Waals surface area contributed by atoms with Crippen LogP contribution in [0.1, 0.15) is 26.3 Å². The standard InChI is InChI=1S/C13H15F2NO4/c1-13(2,3)20-12(19)16-11-8(14)5-4-7(10(11)15)6-9(17)18/h4-5H,6H2,1-3H3,(H,16,19)(H,17,18). The van der Waals surface area contributed by atoms with E-state index < -0.39 is 41.4 Å². The molecule has 0 fully saturated rings. The first-order chi connectivity index (χ1) is 9.10. The van der Waals surface area contributed by atoms with Crippen LogP contribution in [0.15, 0.2) is 12.1 Å². The van der Waals surface area contributed by atoms with Crippen molar-refractivity contribution in [3.8, 4) is 0 Å². The second kappa shape index (κ2) is 5.85. The third kappa shape index (κ3) is 4.49. The lowest BCUT2D eigenvalue weighted by Gasteiger charge is -2.20. The zero-order valence-corrected chi connectivity index (χ0v) is 11.3. The van der Waals surface area contributed by atoms with Gasteiger partial charge in [-0.1, -0.05) is 6.07 Å². The average Bonchev–Trinajstić information content (AvgIpc) is 2.25. The number of anilines is 1. The van der Waals surface area contributed by atoms with Crippen LogP contribution in [0.2, 0.25) is 0 Å². The third-order valence-corrected chi connectivity index (χ3v) is 2.14. The normalized spacial score (nSPS) is 11.1. The minimum Gasteiger partial charge on any atom is -0.481 e. The Morgan fingerprint density at radius 1 is 1.30 bits per heavy atom. The number of ether oxygens (including phenoxy) is 1. The Labute approximate surface area is 114 Å². The molecule has 5 nitrogen and oxygen atoms in total. The molecule has 1 aromatic carbocycles. The van der Waals surface area contributed by atoms with Crippen molar-refractivity contribution in [2.75, 3.05) is 5.32 Å². The fourth-order valence-electron chi connectivity index (χ4n) is 1.42. The maximum absolute atomic E-state index is 13.9. The van der Waals surface area contributed by atoms with Gasteiger partial charge in [-0.05, 0) is 26.8 Å². The van der Waals surface area contributed by atoms with Gasteiger partial charge in [-0.15, -0.1) is 0 Å². The molecule has 1 amide bonds. The molecule has 0 radical (unpaired) electrons. The Morgan fingerprint density at radius 3 is 2.40 bits per heavy atom. The monoisotopic (exact) mass is 287 g/mol. The molecule has 0 aliphatic carbocycles. The number of benzene rings is 1. The second-order valence-corrected chi connectivity index (χ2v) is 5.09. The maximum Gasteiger partial charge on any atom is 0.412 e. The number of hydrogen-bond donors (Lipinski definition) is 2. The van der Waals surface area contributed by atoms with Crippen LogP contribution < -0.4 is 5.32 Å². The van der Waals surface area contributed by atoms with E-state index in [2.05, 4.69) is 0 Å². The second-order valence-electron chi connectivity index (χ2n) is 5.09. The summed E-state index contributed by atoms with van der Waals surface area (Å²) in [7, 11) is 0. The number of carbonyl (C=O) groups excluding carboxylic acids is 1. The number of carbonyl (C=O) groups is 2. The van der Waals surface area contributed by atoms with E-state index in [0.717, 1.165) is 12.1 Å². The highest BCUT2D eigenvalue weighted by Gasteiger charge is 2.21. The van der Waals surface area contributed by atoms with Gasteiger partial charge < -0.3 is 9.84 Å². The van der Waals surface area contributed by atoms with Crippen LogP contribution in [0.5, 0.6) is 0 Å². The SMILES string of the molecule is CC(C)(C)OC(=O)Nc1c(F)ccc(CC(=O)O)c1F. The zero-order chi connectivity index (χ0) is 15.5. The van der Waals surface area contributed by atoms with Crippen LogP contribution in [0.25, 0.3) is 0 Å². The molecule has 110 valence electrons. The molecular weight excluding hydrogens is 272 g/mol. The number of hydrogen-bond acceptors (Lipinski definition) is 3. The van der Waals surface area contributed by atoms with Crippen LogP contribution in [0.4, 0.5) is 19.3 Å². The first-order valence-corrected chi connectivity index (χ1v) is 5.79. The van der Waals surface area contributed by atoms with E-state index in [4.69, 9.17) is 9.84 Å². The van der Waals surface area contributed by atoms with Gasteiger partial charge in [-0.25, -0.2) is 13.6 Å². The lowest BCUT2D eigenvalue weighted by Crippen LogP contribution is -2.28. The summed E-state index contributed by atoms with van der Waals surface area (Å²) in [6.07, 6.45) is -1.64. The Bertz CT molecular complexity index is 538. The molecule has 0 aliphatic rings. The van der Waals surface area contributed by atoms with Gasteiger partial charge in [0.1, 0.15) is 17.1 Å². The first kappa shape index (κ1) is 15.9. The summed E-state index contributed by atoms with van der Waals surface area (Å²) in [4.78, 5) is 22.0. The number of halogens is 2. The van der Waals surface area contributed by atoms with E-state index in [1.165, 1.54) is 0 Å². The molecule has 1 rings (SSSR count). The molecule has 1 aromatic rings. The highest BCUT2D eigenvalue weighted by atomic mass is 19.1. The van der Waals surface area contributed by atoms with Crippen molar-refractivity contribution in [1.29, 1.82) is 0 Å². The predicted molar refractivity (Wildman–Crippen MR) is 67.6 cm³/mol. The van der Waals surface area contributed by atoms with Gasteiger partial charge in [0, 0.05) is 5.56 Å². The summed E-state index contributed by atoms with van der Waals surface area (Å²) in [5.41, 5.74) is -1.78. The molecule has 2 N–H and O–H groups in total. The van der Waals surface area contributed by atoms with Crippen LogP contribution in [-0.2, 0) is 16.0 Å². The molecule has 0 aromatic heterocycles. The molecule has 0 aliphatic heterocycles. The smallest absolute Gasteiger partial charge is 0.412 e. The summed E-state index contributed by atoms with van der Waals surface area (Å²) in [6.45, 7) is 4.79. The van der Waals surface area contributed by atoms with Crippen molar-refractivity contribution in [2.45, 2.75) is 32.8 Å². The Morgan fingerprint density at radius 2 is 1.90 bits per heavy atom. The summed E-state index contributed by atoms with van der Waals surface area (Å²) >= 11 is 0. The summed E-state index contributed by atoms with van der Waals surface area (Å²) in [5.74, 6) is -3.40. The van der Waals surface area contributed by atoms with E-state index in [9.17, 15) is 18.4 Å². The molecule has 7 heteroatoms. The molecule has 0 heterocycles. The highest BCUT2D eigenvalue weighted by Crippen LogP contribution is 2.23. The first-order valence-electron chi connectivity index (χ1n) is 5.79. The molecule has 0 spiro atoms. The van der Waals surface area contributed by atoms with Crippen LogP contribution in [0, 0.1) is 11.6 Å². The van der Waals surface area contributed by atoms with Crippen molar-refractivity contribution >= 4 is 17.7 Å². The molecule has 0 atom stereocenters. The molecule has 0 unspecified atom stereocenters. The van der Waals surface area contributed by atoms with Gasteiger partial charge in [0.05, 0.1) is 6.42 Å². The van der Waals surface area contributed by atoms with Gasteiger partial charge in [0.25, 0.3) is 0 Å². The Kier molecular flexibility index (Phi) is 4.65. The van der Waals surface area contributed by atoms with E-state index in [-0.39, 0.29) is 5.56 Å². The lowest BCUT2D eigenvalue weighted by molar-refractivity contribution is -0.136. The molecule has 0 bridgehead atoms. The van der Waals surface area contributed by atoms with Gasteiger partial charge in [0.2, 0.25) is 0 Å². The Hall–Kier alpha value is -2.18. The van der Waals surface area contributed by atoms with E-state index >= 15 is 0 Å². The summed E-state index contributed by atoms with van der Waals surface area (Å²) in [6, 6.07) is 1.90. The lowest BCUT2D eigenvalue weighted by atomic mass is 10.1. The van der Waals surface area contributed by atoms with Gasteiger partial charge in [-0.2, -0.15) is 0 Å². The van der Waals surface area contributed by atoms with Crippen LogP contribution >= 0.6 is 0 Å².